The van der Waals surface area contributed by atoms with Gasteiger partial charge >= 0.3 is 12.0 Å². The molecule has 2 N–H and O–H groups in total. The molecule has 8 nitrogen and oxygen atoms in total. The minimum Gasteiger partial charge on any atom is -0.455 e. The average molecular weight is 399 g/mol. The second-order valence-corrected chi connectivity index (χ2v) is 7.25. The highest BCUT2D eigenvalue weighted by atomic mass is 16.5. The summed E-state index contributed by atoms with van der Waals surface area (Å²) in [4.78, 5) is 49.2. The summed E-state index contributed by atoms with van der Waals surface area (Å²) in [5, 5.41) is 4.75. The van der Waals surface area contributed by atoms with Crippen molar-refractivity contribution in [1.29, 1.82) is 0 Å². The Labute approximate surface area is 169 Å². The molecule has 0 aromatic heterocycles. The third kappa shape index (κ3) is 6.74. The van der Waals surface area contributed by atoms with Gasteiger partial charge in [-0.2, -0.15) is 0 Å². The van der Waals surface area contributed by atoms with Crippen LogP contribution in [-0.4, -0.2) is 54.5 Å². The number of amides is 4. The Hall–Kier alpha value is -3.16. The lowest BCUT2D eigenvalue weighted by Crippen LogP contribution is -2.43. The highest BCUT2D eigenvalue weighted by Gasteiger charge is 2.28. The molecule has 1 heterocycles. The number of ether oxygens (including phenoxy) is 1. The van der Waals surface area contributed by atoms with Gasteiger partial charge in [0, 0.05) is 25.2 Å². The molecular formula is C21H25N3O5. The zero-order chi connectivity index (χ0) is 20.6. The van der Waals surface area contributed by atoms with Crippen molar-refractivity contribution in [2.75, 3.05) is 19.7 Å². The van der Waals surface area contributed by atoms with Crippen LogP contribution in [0.15, 0.2) is 36.4 Å². The van der Waals surface area contributed by atoms with E-state index in [1.807, 2.05) is 30.3 Å². The van der Waals surface area contributed by atoms with Crippen LogP contribution in [0, 0.1) is 5.92 Å². The molecule has 1 aliphatic heterocycles. The van der Waals surface area contributed by atoms with Crippen LogP contribution in [0.3, 0.4) is 0 Å². The maximum absolute atomic E-state index is 12.3. The number of nitrogens with one attached hydrogen (secondary N) is 2. The van der Waals surface area contributed by atoms with Crippen LogP contribution in [0.1, 0.15) is 31.2 Å². The van der Waals surface area contributed by atoms with Crippen molar-refractivity contribution in [3.8, 4) is 0 Å². The van der Waals surface area contributed by atoms with E-state index in [0.717, 1.165) is 18.4 Å². The number of nitrogens with zero attached hydrogens (tertiary/aromatic N) is 1. The summed E-state index contributed by atoms with van der Waals surface area (Å²) in [5.41, 5.74) is 0.948. The van der Waals surface area contributed by atoms with Crippen LogP contribution in [0.25, 0.3) is 6.08 Å². The molecular weight excluding hydrogens is 374 g/mol. The smallest absolute Gasteiger partial charge is 0.321 e. The molecule has 0 radical (unpaired) electrons. The molecule has 0 bridgehead atoms. The minimum absolute atomic E-state index is 0.0956. The molecule has 1 saturated heterocycles. The molecule has 3 rings (SSSR count). The standard InChI is InChI=1S/C21H25N3O5/c25-18(23-21(28)22-17-7-8-17)14-29-20(27)16-10-12-24(13-11-16)19(26)9-6-15-4-2-1-3-5-15/h1-6,9,16-17H,7-8,10-14H2,(H2,22,23,25,28)/b9-6+. The number of likely N-dealkylation sites (tertiary alicyclic amines) is 1. The maximum atomic E-state index is 12.3. The lowest BCUT2D eigenvalue weighted by molar-refractivity contribution is -0.154. The zero-order valence-electron chi connectivity index (χ0n) is 16.1. The van der Waals surface area contributed by atoms with E-state index in [1.165, 1.54) is 6.08 Å². The first kappa shape index (κ1) is 20.6. The first-order valence-electron chi connectivity index (χ1n) is 9.80. The van der Waals surface area contributed by atoms with E-state index in [0.29, 0.717) is 25.9 Å². The summed E-state index contributed by atoms with van der Waals surface area (Å²) in [6.07, 6.45) is 6.09. The number of benzene rings is 1. The SMILES string of the molecule is O=C(COC(=O)C1CCN(C(=O)/C=C/c2ccccc2)CC1)NC(=O)NC1CC1. The number of urea groups is 1. The zero-order valence-corrected chi connectivity index (χ0v) is 16.1. The van der Waals surface area contributed by atoms with Crippen LogP contribution >= 0.6 is 0 Å². The Morgan fingerprint density at radius 1 is 1.03 bits per heavy atom. The Kier molecular flexibility index (Phi) is 6.99. The molecule has 2 fully saturated rings. The third-order valence-corrected chi connectivity index (χ3v) is 4.87. The molecule has 2 aliphatic rings. The van der Waals surface area contributed by atoms with E-state index in [4.69, 9.17) is 4.74 Å². The number of hydrogen-bond acceptors (Lipinski definition) is 5. The maximum Gasteiger partial charge on any atom is 0.321 e. The monoisotopic (exact) mass is 399 g/mol. The summed E-state index contributed by atoms with van der Waals surface area (Å²) < 4.78 is 5.02. The van der Waals surface area contributed by atoms with Crippen LogP contribution < -0.4 is 10.6 Å². The number of piperidine rings is 1. The summed E-state index contributed by atoms with van der Waals surface area (Å²) in [5.74, 6) is -1.59. The topological polar surface area (TPSA) is 105 Å². The van der Waals surface area contributed by atoms with Gasteiger partial charge < -0.3 is 15.0 Å². The first-order chi connectivity index (χ1) is 14.0. The molecule has 29 heavy (non-hydrogen) atoms. The fraction of sp³-hybridized carbons (Fsp3) is 0.429. The average Bonchev–Trinajstić information content (AvgIpc) is 3.55. The van der Waals surface area contributed by atoms with Crippen molar-refractivity contribution in [2.24, 2.45) is 5.92 Å². The van der Waals surface area contributed by atoms with Crippen molar-refractivity contribution in [3.05, 3.63) is 42.0 Å². The van der Waals surface area contributed by atoms with Gasteiger partial charge in [0.2, 0.25) is 5.91 Å². The predicted octanol–water partition coefficient (Wildman–Crippen LogP) is 1.47. The first-order valence-corrected chi connectivity index (χ1v) is 9.80. The third-order valence-electron chi connectivity index (χ3n) is 4.87. The van der Waals surface area contributed by atoms with E-state index >= 15 is 0 Å². The molecule has 154 valence electrons. The number of esters is 1. The number of carbonyl (C=O) groups is 4. The van der Waals surface area contributed by atoms with Crippen LogP contribution in [0.2, 0.25) is 0 Å². The summed E-state index contributed by atoms with van der Waals surface area (Å²) >= 11 is 0. The molecule has 0 atom stereocenters. The van der Waals surface area contributed by atoms with Gasteiger partial charge in [-0.1, -0.05) is 30.3 Å². The molecule has 1 aliphatic carbocycles. The fourth-order valence-corrected chi connectivity index (χ4v) is 3.04. The van der Waals surface area contributed by atoms with Crippen molar-refractivity contribution < 1.29 is 23.9 Å². The normalized spacial score (nSPS) is 17.0. The molecule has 0 unspecified atom stereocenters. The molecule has 1 saturated carbocycles. The van der Waals surface area contributed by atoms with Gasteiger partial charge in [-0.25, -0.2) is 4.79 Å². The summed E-state index contributed by atoms with van der Waals surface area (Å²) in [6, 6.07) is 9.12. The molecule has 1 aromatic rings. The van der Waals surface area contributed by atoms with Gasteiger partial charge in [0.05, 0.1) is 5.92 Å². The van der Waals surface area contributed by atoms with Gasteiger partial charge in [0.15, 0.2) is 6.61 Å². The van der Waals surface area contributed by atoms with E-state index in [-0.39, 0.29) is 17.9 Å². The van der Waals surface area contributed by atoms with E-state index in [1.54, 1.807) is 11.0 Å². The second-order valence-electron chi connectivity index (χ2n) is 7.25. The highest BCUT2D eigenvalue weighted by molar-refractivity contribution is 5.96. The largest absolute Gasteiger partial charge is 0.455 e. The van der Waals surface area contributed by atoms with Crippen molar-refractivity contribution >= 4 is 29.9 Å². The van der Waals surface area contributed by atoms with Gasteiger partial charge in [0.25, 0.3) is 5.91 Å². The lowest BCUT2D eigenvalue weighted by atomic mass is 9.97. The van der Waals surface area contributed by atoms with Crippen molar-refractivity contribution in [1.82, 2.24) is 15.5 Å². The molecule has 0 spiro atoms. The van der Waals surface area contributed by atoms with Crippen LogP contribution in [0.4, 0.5) is 4.79 Å². The molecule has 4 amide bonds. The summed E-state index contributed by atoms with van der Waals surface area (Å²) in [6.45, 7) is 0.414. The Morgan fingerprint density at radius 3 is 2.38 bits per heavy atom. The van der Waals surface area contributed by atoms with Gasteiger partial charge in [-0.05, 0) is 37.3 Å². The quantitative estimate of drug-likeness (QED) is 0.557. The Balaban J connectivity index is 1.35. The number of carbonyl (C=O) groups excluding carboxylic acids is 4. The lowest BCUT2D eigenvalue weighted by Gasteiger charge is -2.30. The summed E-state index contributed by atoms with van der Waals surface area (Å²) in [7, 11) is 0. The van der Waals surface area contributed by atoms with Crippen LogP contribution in [-0.2, 0) is 19.1 Å². The highest BCUT2D eigenvalue weighted by Crippen LogP contribution is 2.19. The van der Waals surface area contributed by atoms with Gasteiger partial charge in [0.1, 0.15) is 0 Å². The number of rotatable bonds is 6. The van der Waals surface area contributed by atoms with Gasteiger partial charge in [-0.15, -0.1) is 0 Å². The molecule has 1 aromatic carbocycles. The van der Waals surface area contributed by atoms with E-state index in [2.05, 4.69) is 10.6 Å². The Morgan fingerprint density at radius 2 is 1.72 bits per heavy atom. The minimum atomic E-state index is -0.657. The Bertz CT molecular complexity index is 781. The second kappa shape index (κ2) is 9.86. The molecule has 8 heteroatoms. The van der Waals surface area contributed by atoms with Gasteiger partial charge in [-0.3, -0.25) is 19.7 Å². The van der Waals surface area contributed by atoms with Crippen molar-refractivity contribution in [3.63, 3.8) is 0 Å². The number of hydrogen-bond donors (Lipinski definition) is 2. The predicted molar refractivity (Wildman–Crippen MR) is 105 cm³/mol. The van der Waals surface area contributed by atoms with E-state index < -0.39 is 24.5 Å². The fourth-order valence-electron chi connectivity index (χ4n) is 3.04. The van der Waals surface area contributed by atoms with Crippen molar-refractivity contribution in [2.45, 2.75) is 31.7 Å². The van der Waals surface area contributed by atoms with E-state index in [9.17, 15) is 19.2 Å². The van der Waals surface area contributed by atoms with Crippen LogP contribution in [0.5, 0.6) is 0 Å². The number of imide groups is 1.